The number of sulfone groups is 1. The molecule has 0 spiro atoms. The third-order valence-corrected chi connectivity index (χ3v) is 7.31. The molecule has 0 radical (unpaired) electrons. The molecule has 9 nitrogen and oxygen atoms in total. The van der Waals surface area contributed by atoms with Crippen LogP contribution in [0.5, 0.6) is 11.5 Å². The van der Waals surface area contributed by atoms with E-state index >= 15 is 0 Å². The minimum absolute atomic E-state index is 0.0604. The lowest BCUT2D eigenvalue weighted by atomic mass is 10.3. The molecule has 0 atom stereocenters. The highest BCUT2D eigenvalue weighted by Crippen LogP contribution is 2.35. The van der Waals surface area contributed by atoms with E-state index in [1.54, 1.807) is 43.5 Å². The molecule has 0 aliphatic rings. The van der Waals surface area contributed by atoms with Crippen molar-refractivity contribution in [2.45, 2.75) is 28.3 Å². The van der Waals surface area contributed by atoms with Crippen molar-refractivity contribution in [2.24, 2.45) is 0 Å². The zero-order valence-corrected chi connectivity index (χ0v) is 19.5. The number of ether oxygens (including phenoxy) is 2. The molecule has 3 rings (SSSR count). The number of aromatic nitrogens is 2. The van der Waals surface area contributed by atoms with Crippen LogP contribution in [0.2, 0.25) is 0 Å². The number of nitrogens with one attached hydrogen (secondary N) is 1. The second-order valence-corrected chi connectivity index (χ2v) is 9.71. The van der Waals surface area contributed by atoms with Gasteiger partial charge in [-0.2, -0.15) is 5.10 Å². The van der Waals surface area contributed by atoms with Gasteiger partial charge in [-0.15, -0.1) is 11.8 Å². The van der Waals surface area contributed by atoms with Crippen LogP contribution in [0.15, 0.2) is 63.3 Å². The van der Waals surface area contributed by atoms with Gasteiger partial charge < -0.3 is 20.5 Å². The molecule has 0 saturated carbocycles. The van der Waals surface area contributed by atoms with Crippen molar-refractivity contribution in [2.75, 3.05) is 31.0 Å². The molecule has 0 fully saturated rings. The van der Waals surface area contributed by atoms with E-state index < -0.39 is 15.7 Å². The second-order valence-electron chi connectivity index (χ2n) is 6.57. The van der Waals surface area contributed by atoms with E-state index in [1.165, 1.54) is 35.7 Å². The number of nitrogen functional groups attached to an aromatic ring is 1. The number of benzene rings is 2. The van der Waals surface area contributed by atoms with Gasteiger partial charge >= 0.3 is 0 Å². The van der Waals surface area contributed by atoms with Gasteiger partial charge in [0.05, 0.1) is 19.1 Å². The molecule has 2 aromatic carbocycles. The number of anilines is 2. The van der Waals surface area contributed by atoms with Crippen LogP contribution in [0, 0.1) is 0 Å². The number of methoxy groups -OCH3 is 2. The van der Waals surface area contributed by atoms with Crippen molar-refractivity contribution < 1.29 is 22.7 Å². The van der Waals surface area contributed by atoms with Crippen molar-refractivity contribution in [3.8, 4) is 11.5 Å². The second kappa shape index (κ2) is 9.96. The summed E-state index contributed by atoms with van der Waals surface area (Å²) in [6.07, 6.45) is 0. The highest BCUT2D eigenvalue weighted by atomic mass is 32.2. The van der Waals surface area contributed by atoms with E-state index in [-0.39, 0.29) is 27.2 Å². The van der Waals surface area contributed by atoms with Gasteiger partial charge in [0.1, 0.15) is 33.8 Å². The topological polar surface area (TPSA) is 126 Å². The minimum atomic E-state index is -3.96. The first-order valence-corrected chi connectivity index (χ1v) is 12.1. The minimum Gasteiger partial charge on any atom is -0.497 e. The van der Waals surface area contributed by atoms with Crippen LogP contribution < -0.4 is 20.5 Å². The maximum Gasteiger partial charge on any atom is 0.246 e. The van der Waals surface area contributed by atoms with Crippen molar-refractivity contribution in [3.63, 3.8) is 0 Å². The molecule has 0 aliphatic heterocycles. The molecule has 0 unspecified atom stereocenters. The number of amides is 1. The first-order valence-electron chi connectivity index (χ1n) is 9.62. The normalized spacial score (nSPS) is 11.2. The summed E-state index contributed by atoms with van der Waals surface area (Å²) in [5, 5.41) is 7.28. The molecule has 1 heterocycles. The van der Waals surface area contributed by atoms with E-state index in [4.69, 9.17) is 15.2 Å². The molecular weight excluding hydrogens is 452 g/mol. The van der Waals surface area contributed by atoms with E-state index in [9.17, 15) is 13.2 Å². The lowest BCUT2D eigenvalue weighted by Gasteiger charge is -2.08. The maximum atomic E-state index is 13.3. The van der Waals surface area contributed by atoms with Crippen LogP contribution in [0.4, 0.5) is 11.5 Å². The van der Waals surface area contributed by atoms with Gasteiger partial charge in [-0.25, -0.2) is 13.1 Å². The van der Waals surface area contributed by atoms with E-state index in [1.807, 2.05) is 6.92 Å². The Morgan fingerprint density at radius 2 is 1.62 bits per heavy atom. The molecule has 11 heteroatoms. The largest absolute Gasteiger partial charge is 0.497 e. The molecule has 1 amide bonds. The van der Waals surface area contributed by atoms with Gasteiger partial charge in [0.15, 0.2) is 0 Å². The van der Waals surface area contributed by atoms with Crippen molar-refractivity contribution in [1.82, 2.24) is 9.78 Å². The highest BCUT2D eigenvalue weighted by molar-refractivity contribution is 8.00. The Balaban J connectivity index is 1.89. The summed E-state index contributed by atoms with van der Waals surface area (Å²) in [7, 11) is -0.908. The van der Waals surface area contributed by atoms with Crippen LogP contribution in [0.1, 0.15) is 6.92 Å². The molecular formula is C21H24N4O5S2. The average molecular weight is 477 g/mol. The van der Waals surface area contributed by atoms with E-state index in [2.05, 4.69) is 10.4 Å². The molecule has 0 saturated heterocycles. The summed E-state index contributed by atoms with van der Waals surface area (Å²) < 4.78 is 38.0. The first kappa shape index (κ1) is 23.5. The lowest BCUT2D eigenvalue weighted by Crippen LogP contribution is -2.21. The lowest BCUT2D eigenvalue weighted by molar-refractivity contribution is -0.116. The number of thioether (sulfide) groups is 1. The first-order chi connectivity index (χ1) is 15.3. The third kappa shape index (κ3) is 5.00. The van der Waals surface area contributed by atoms with Gasteiger partial charge in [-0.1, -0.05) is 6.92 Å². The number of nitrogens with zero attached hydrogens (tertiary/aromatic N) is 2. The SMILES string of the molecule is CCSc1nn(CC(=O)Nc2ccc(OC)cc2)c(N)c1S(=O)(=O)c1ccc(OC)cc1. The Kier molecular flexibility index (Phi) is 7.31. The number of hydrogen-bond donors (Lipinski definition) is 2. The smallest absolute Gasteiger partial charge is 0.246 e. The Labute approximate surface area is 190 Å². The molecule has 0 aliphatic carbocycles. The third-order valence-electron chi connectivity index (χ3n) is 4.50. The fraction of sp³-hybridized carbons (Fsp3) is 0.238. The molecule has 0 bridgehead atoms. The van der Waals surface area contributed by atoms with E-state index in [0.29, 0.717) is 22.9 Å². The van der Waals surface area contributed by atoms with Crippen molar-refractivity contribution >= 4 is 39.0 Å². The molecule has 1 aromatic heterocycles. The van der Waals surface area contributed by atoms with Gasteiger partial charge in [0.2, 0.25) is 15.7 Å². The Hall–Kier alpha value is -3.18. The van der Waals surface area contributed by atoms with Crippen LogP contribution >= 0.6 is 11.8 Å². The summed E-state index contributed by atoms with van der Waals surface area (Å²) in [5.74, 6) is 1.28. The Morgan fingerprint density at radius 1 is 1.06 bits per heavy atom. The zero-order valence-electron chi connectivity index (χ0n) is 17.9. The number of carbonyl (C=O) groups excluding carboxylic acids is 1. The number of hydrogen-bond acceptors (Lipinski definition) is 8. The molecule has 3 N–H and O–H groups in total. The molecule has 32 heavy (non-hydrogen) atoms. The average Bonchev–Trinajstić information content (AvgIpc) is 3.09. The predicted molar refractivity (Wildman–Crippen MR) is 123 cm³/mol. The van der Waals surface area contributed by atoms with Gasteiger partial charge in [-0.05, 0) is 54.3 Å². The van der Waals surface area contributed by atoms with E-state index in [0.717, 1.165) is 0 Å². The Bertz CT molecular complexity index is 1190. The van der Waals surface area contributed by atoms with Crippen molar-refractivity contribution in [3.05, 3.63) is 48.5 Å². The van der Waals surface area contributed by atoms with Crippen LogP contribution in [0.25, 0.3) is 0 Å². The fourth-order valence-corrected chi connectivity index (χ4v) is 5.48. The number of carbonyl (C=O) groups is 1. The summed E-state index contributed by atoms with van der Waals surface area (Å²) >= 11 is 1.24. The predicted octanol–water partition coefficient (Wildman–Crippen LogP) is 3.07. The monoisotopic (exact) mass is 476 g/mol. The summed E-state index contributed by atoms with van der Waals surface area (Å²) in [6, 6.07) is 12.8. The summed E-state index contributed by atoms with van der Waals surface area (Å²) in [5.41, 5.74) is 6.75. The fourth-order valence-electron chi connectivity index (χ4n) is 2.92. The van der Waals surface area contributed by atoms with Crippen LogP contribution in [0.3, 0.4) is 0 Å². The standard InChI is InChI=1S/C21H24N4O5S2/c1-4-31-21-19(32(27,28)17-11-9-16(30-3)10-12-17)20(22)25(24-21)13-18(26)23-14-5-7-15(29-2)8-6-14/h5-12H,4,13,22H2,1-3H3,(H,23,26). The van der Waals surface area contributed by atoms with Crippen LogP contribution in [-0.2, 0) is 21.2 Å². The Morgan fingerprint density at radius 3 is 2.16 bits per heavy atom. The van der Waals surface area contributed by atoms with Crippen LogP contribution in [-0.4, -0.2) is 44.1 Å². The molecule has 170 valence electrons. The summed E-state index contributed by atoms with van der Waals surface area (Å²) in [4.78, 5) is 12.5. The maximum absolute atomic E-state index is 13.3. The van der Waals surface area contributed by atoms with Crippen molar-refractivity contribution in [1.29, 1.82) is 0 Å². The molecule has 3 aromatic rings. The number of rotatable bonds is 9. The van der Waals surface area contributed by atoms with Gasteiger partial charge in [0.25, 0.3) is 0 Å². The zero-order chi connectivity index (χ0) is 23.3. The van der Waals surface area contributed by atoms with Gasteiger partial charge in [0, 0.05) is 5.69 Å². The highest BCUT2D eigenvalue weighted by Gasteiger charge is 2.30. The van der Waals surface area contributed by atoms with Gasteiger partial charge in [-0.3, -0.25) is 4.79 Å². The summed E-state index contributed by atoms with van der Waals surface area (Å²) in [6.45, 7) is 1.63. The quantitative estimate of drug-likeness (QED) is 0.451. The number of nitrogens with two attached hydrogens (primary N) is 1.